The summed E-state index contributed by atoms with van der Waals surface area (Å²) in [5, 5.41) is 39.9. The molecule has 2 saturated heterocycles. The summed E-state index contributed by atoms with van der Waals surface area (Å²) in [5.74, 6) is -2.50. The molecule has 0 spiro atoms. The van der Waals surface area contributed by atoms with Gasteiger partial charge in [0.15, 0.2) is 5.41 Å². The van der Waals surface area contributed by atoms with Gasteiger partial charge in [0.25, 0.3) is 0 Å². The van der Waals surface area contributed by atoms with E-state index in [1.807, 2.05) is 30.3 Å². The second-order valence-electron chi connectivity index (χ2n) is 7.69. The summed E-state index contributed by atoms with van der Waals surface area (Å²) >= 11 is 6.00. The van der Waals surface area contributed by atoms with Crippen LogP contribution in [0.15, 0.2) is 54.6 Å². The van der Waals surface area contributed by atoms with E-state index >= 15 is 0 Å². The number of hydrogen-bond donors (Lipinski definition) is 1. The van der Waals surface area contributed by atoms with Gasteiger partial charge in [-0.25, -0.2) is 0 Å². The van der Waals surface area contributed by atoms with Crippen LogP contribution < -0.4 is 0 Å². The zero-order chi connectivity index (χ0) is 21.6. The quantitative estimate of drug-likeness (QED) is 0.788. The Balaban J connectivity index is 1.94. The molecule has 2 aromatic rings. The molecular formula is C23H17ClN4O2. The van der Waals surface area contributed by atoms with E-state index in [4.69, 9.17) is 26.5 Å². The van der Waals surface area contributed by atoms with Crippen molar-refractivity contribution in [2.75, 3.05) is 0 Å². The van der Waals surface area contributed by atoms with Crippen molar-refractivity contribution in [1.82, 2.24) is 0 Å². The fraction of sp³-hybridized carbons (Fsp3) is 0.304. The fourth-order valence-electron chi connectivity index (χ4n) is 4.67. The number of fused-ring (bicyclic) bond motifs is 2. The van der Waals surface area contributed by atoms with Gasteiger partial charge < -0.3 is 9.47 Å². The molecule has 148 valence electrons. The Bertz CT molecular complexity index is 1120. The number of halogens is 1. The van der Waals surface area contributed by atoms with Crippen molar-refractivity contribution >= 4 is 17.5 Å². The molecule has 2 bridgehead atoms. The first-order valence-corrected chi connectivity index (χ1v) is 9.73. The third kappa shape index (κ3) is 2.47. The monoisotopic (exact) mass is 416 g/mol. The van der Waals surface area contributed by atoms with Gasteiger partial charge in [0, 0.05) is 11.9 Å². The minimum absolute atomic E-state index is 0.311. The minimum Gasteiger partial charge on any atom is -0.448 e. The fourth-order valence-corrected chi connectivity index (χ4v) is 4.80. The van der Waals surface area contributed by atoms with E-state index in [1.54, 1.807) is 31.2 Å². The number of rotatable bonds is 3. The van der Waals surface area contributed by atoms with E-state index in [2.05, 4.69) is 18.2 Å². The van der Waals surface area contributed by atoms with Gasteiger partial charge in [0.05, 0.1) is 24.1 Å². The molecule has 4 unspecified atom stereocenters. The van der Waals surface area contributed by atoms with Gasteiger partial charge in [-0.15, -0.1) is 0 Å². The highest BCUT2D eigenvalue weighted by molar-refractivity contribution is 6.30. The van der Waals surface area contributed by atoms with Crippen LogP contribution in [0.2, 0.25) is 5.02 Å². The van der Waals surface area contributed by atoms with Gasteiger partial charge in [0.2, 0.25) is 17.1 Å². The maximum Gasteiger partial charge on any atom is 0.215 e. The molecular weight excluding hydrogens is 400 g/mol. The Kier molecular flexibility index (Phi) is 4.55. The van der Waals surface area contributed by atoms with Gasteiger partial charge in [0.1, 0.15) is 6.10 Å². The molecule has 0 saturated carbocycles. The maximum atomic E-state index is 10.4. The molecule has 2 aliphatic rings. The van der Waals surface area contributed by atoms with E-state index in [9.17, 15) is 15.8 Å². The van der Waals surface area contributed by atoms with Crippen LogP contribution in [0, 0.1) is 56.2 Å². The molecule has 0 aliphatic carbocycles. The van der Waals surface area contributed by atoms with Crippen LogP contribution in [0.3, 0.4) is 0 Å². The lowest BCUT2D eigenvalue weighted by atomic mass is 9.52. The van der Waals surface area contributed by atoms with Gasteiger partial charge >= 0.3 is 0 Å². The zero-order valence-electron chi connectivity index (χ0n) is 16.1. The van der Waals surface area contributed by atoms with E-state index in [0.29, 0.717) is 17.0 Å². The van der Waals surface area contributed by atoms with Crippen LogP contribution in [0.25, 0.3) is 0 Å². The summed E-state index contributed by atoms with van der Waals surface area (Å²) in [6.07, 6.45) is -0.782. The summed E-state index contributed by atoms with van der Waals surface area (Å²) < 4.78 is 12.1. The Labute approximate surface area is 179 Å². The normalized spacial score (nSPS) is 31.1. The third-order valence-electron chi connectivity index (χ3n) is 6.17. The SMILES string of the molecule is CC12OC(=N)C(C#N)(C1Cc1ccccc1)C(C#N)(C#N)C(c1ccc(Cl)cc1)O2. The van der Waals surface area contributed by atoms with Crippen LogP contribution >= 0.6 is 11.6 Å². The number of ether oxygens (including phenoxy) is 2. The van der Waals surface area contributed by atoms with Crippen LogP contribution in [0.1, 0.15) is 24.2 Å². The first-order valence-electron chi connectivity index (χ1n) is 9.36. The largest absolute Gasteiger partial charge is 0.448 e. The average molecular weight is 417 g/mol. The molecule has 0 radical (unpaired) electrons. The average Bonchev–Trinajstić information content (AvgIpc) is 2.91. The van der Waals surface area contributed by atoms with Crippen molar-refractivity contribution < 1.29 is 9.47 Å². The van der Waals surface area contributed by atoms with Gasteiger partial charge in [-0.1, -0.05) is 54.1 Å². The molecule has 0 amide bonds. The van der Waals surface area contributed by atoms with Crippen LogP contribution in [0.4, 0.5) is 0 Å². The Morgan fingerprint density at radius 1 is 1.00 bits per heavy atom. The molecule has 0 aromatic heterocycles. The summed E-state index contributed by atoms with van der Waals surface area (Å²) in [4.78, 5) is 0. The standard InChI is InChI=1S/C23H17ClN4O2/c1-21-18(11-15-5-3-2-4-6-15)23(14-27,20(28)30-21)22(12-25,13-26)19(29-21)16-7-9-17(24)10-8-16/h2-10,18-19,28H,11H2,1H3. The molecule has 4 rings (SSSR count). The van der Waals surface area contributed by atoms with E-state index in [-0.39, 0.29) is 0 Å². The number of nitrogens with zero attached hydrogens (tertiary/aromatic N) is 3. The summed E-state index contributed by atoms with van der Waals surface area (Å²) in [7, 11) is 0. The molecule has 30 heavy (non-hydrogen) atoms. The molecule has 2 fully saturated rings. The molecule has 4 atom stereocenters. The smallest absolute Gasteiger partial charge is 0.215 e. The first-order chi connectivity index (χ1) is 14.4. The molecule has 2 aromatic carbocycles. The highest BCUT2D eigenvalue weighted by Crippen LogP contribution is 2.66. The van der Waals surface area contributed by atoms with Gasteiger partial charge in [-0.3, -0.25) is 5.41 Å². The summed E-state index contributed by atoms with van der Waals surface area (Å²) in [6.45, 7) is 1.66. The van der Waals surface area contributed by atoms with Gasteiger partial charge in [-0.05, 0) is 29.7 Å². The number of benzene rings is 2. The van der Waals surface area contributed by atoms with Crippen molar-refractivity contribution in [3.8, 4) is 18.2 Å². The zero-order valence-corrected chi connectivity index (χ0v) is 16.8. The van der Waals surface area contributed by atoms with Crippen LogP contribution in [-0.4, -0.2) is 11.7 Å². The summed E-state index contributed by atoms with van der Waals surface area (Å²) in [5.41, 5.74) is -2.37. The Morgan fingerprint density at radius 3 is 2.20 bits per heavy atom. The Hall–Kier alpha value is -3.37. The number of nitriles is 3. The second kappa shape index (κ2) is 6.85. The second-order valence-corrected chi connectivity index (χ2v) is 8.13. The lowest BCUT2D eigenvalue weighted by Gasteiger charge is -2.48. The predicted octanol–water partition coefficient (Wildman–Crippen LogP) is 4.54. The summed E-state index contributed by atoms with van der Waals surface area (Å²) in [6, 6.07) is 22.2. The van der Waals surface area contributed by atoms with Gasteiger partial charge in [-0.2, -0.15) is 15.8 Å². The predicted molar refractivity (Wildman–Crippen MR) is 108 cm³/mol. The highest BCUT2D eigenvalue weighted by atomic mass is 35.5. The van der Waals surface area contributed by atoms with Crippen molar-refractivity contribution in [3.63, 3.8) is 0 Å². The molecule has 7 heteroatoms. The molecule has 2 heterocycles. The van der Waals surface area contributed by atoms with E-state index in [0.717, 1.165) is 5.56 Å². The third-order valence-corrected chi connectivity index (χ3v) is 6.42. The molecule has 6 nitrogen and oxygen atoms in total. The molecule has 2 aliphatic heterocycles. The topological polar surface area (TPSA) is 114 Å². The molecule has 1 N–H and O–H groups in total. The van der Waals surface area contributed by atoms with E-state index in [1.165, 1.54) is 0 Å². The number of nitrogens with one attached hydrogen (secondary N) is 1. The maximum absolute atomic E-state index is 10.4. The number of hydrogen-bond acceptors (Lipinski definition) is 6. The lowest BCUT2D eigenvalue weighted by molar-refractivity contribution is -0.272. The minimum atomic E-state index is -1.98. The van der Waals surface area contributed by atoms with Crippen LogP contribution in [-0.2, 0) is 15.9 Å². The van der Waals surface area contributed by atoms with Crippen molar-refractivity contribution in [2.45, 2.75) is 25.2 Å². The van der Waals surface area contributed by atoms with Crippen molar-refractivity contribution in [1.29, 1.82) is 21.2 Å². The van der Waals surface area contributed by atoms with Crippen molar-refractivity contribution in [2.24, 2.45) is 16.7 Å². The van der Waals surface area contributed by atoms with Crippen LogP contribution in [0.5, 0.6) is 0 Å². The highest BCUT2D eigenvalue weighted by Gasteiger charge is 2.79. The van der Waals surface area contributed by atoms with Crippen molar-refractivity contribution in [3.05, 3.63) is 70.7 Å². The Morgan fingerprint density at radius 2 is 1.63 bits per heavy atom. The lowest BCUT2D eigenvalue weighted by Crippen LogP contribution is -2.59. The van der Waals surface area contributed by atoms with E-state index < -0.39 is 34.5 Å². The first kappa shape index (κ1) is 19.9.